The maximum atomic E-state index is 11.3. The lowest BCUT2D eigenvalue weighted by molar-refractivity contribution is -0.481. The lowest BCUT2D eigenvalue weighted by Gasteiger charge is -2.12. The summed E-state index contributed by atoms with van der Waals surface area (Å²) in [5.41, 5.74) is 0. The van der Waals surface area contributed by atoms with Crippen LogP contribution >= 0.6 is 0 Å². The van der Waals surface area contributed by atoms with Crippen LogP contribution in [0.25, 0.3) is 0 Å². The third kappa shape index (κ3) is 5.28. The lowest BCUT2D eigenvalue weighted by atomic mass is 10.1. The van der Waals surface area contributed by atoms with Gasteiger partial charge in [-0.2, -0.15) is 0 Å². The number of rotatable bonds is 7. The Bertz CT molecular complexity index is 247. The summed E-state index contributed by atoms with van der Waals surface area (Å²) in [6, 6.07) is 0. The highest BCUT2D eigenvalue weighted by Crippen LogP contribution is 2.09. The van der Waals surface area contributed by atoms with Gasteiger partial charge in [-0.05, 0) is 13.8 Å². The van der Waals surface area contributed by atoms with Crippen molar-refractivity contribution >= 4 is 11.9 Å². The first-order valence-electron chi connectivity index (χ1n) is 4.98. The maximum absolute atomic E-state index is 11.3. The van der Waals surface area contributed by atoms with Gasteiger partial charge in [-0.25, -0.2) is 0 Å². The van der Waals surface area contributed by atoms with Crippen molar-refractivity contribution in [1.82, 2.24) is 0 Å². The summed E-state index contributed by atoms with van der Waals surface area (Å²) >= 11 is 0. The van der Waals surface area contributed by atoms with Crippen molar-refractivity contribution in [2.45, 2.75) is 20.3 Å². The van der Waals surface area contributed by atoms with Crippen molar-refractivity contribution in [2.75, 3.05) is 19.8 Å². The van der Waals surface area contributed by atoms with E-state index in [-0.39, 0.29) is 19.6 Å². The summed E-state index contributed by atoms with van der Waals surface area (Å²) < 4.78 is 9.28. The third-order valence-corrected chi connectivity index (χ3v) is 1.74. The fraction of sp³-hybridized carbons (Fsp3) is 0.778. The van der Waals surface area contributed by atoms with Crippen molar-refractivity contribution in [1.29, 1.82) is 0 Å². The third-order valence-electron chi connectivity index (χ3n) is 1.74. The summed E-state index contributed by atoms with van der Waals surface area (Å²) in [7, 11) is 0. The average molecular weight is 233 g/mol. The molecule has 0 amide bonds. The van der Waals surface area contributed by atoms with Gasteiger partial charge in [0.2, 0.25) is 6.54 Å². The van der Waals surface area contributed by atoms with Crippen LogP contribution in [0.1, 0.15) is 20.3 Å². The van der Waals surface area contributed by atoms with Crippen molar-refractivity contribution < 1.29 is 24.0 Å². The van der Waals surface area contributed by atoms with E-state index >= 15 is 0 Å². The molecule has 0 aromatic carbocycles. The normalized spacial score (nSPS) is 9.94. The Morgan fingerprint density at radius 1 is 1.19 bits per heavy atom. The number of ether oxygens (including phenoxy) is 2. The maximum Gasteiger partial charge on any atom is 0.320 e. The molecule has 7 heteroatoms. The highest BCUT2D eigenvalue weighted by molar-refractivity contribution is 5.94. The first-order valence-corrected chi connectivity index (χ1v) is 4.98. The van der Waals surface area contributed by atoms with Crippen molar-refractivity contribution in [2.24, 2.45) is 5.92 Å². The van der Waals surface area contributed by atoms with E-state index in [1.54, 1.807) is 13.8 Å². The average Bonchev–Trinajstić information content (AvgIpc) is 2.18. The molecule has 0 bridgehead atoms. The van der Waals surface area contributed by atoms with Crippen LogP contribution in [0.4, 0.5) is 0 Å². The van der Waals surface area contributed by atoms with Crippen LogP contribution in [-0.4, -0.2) is 36.6 Å². The molecule has 0 spiro atoms. The standard InChI is InChI=1S/C9H15NO6/c1-3-15-8(11)7(5-6-10(13)14)9(12)16-4-2/h7H,3-6H2,1-2H3. The quantitative estimate of drug-likeness (QED) is 0.273. The Labute approximate surface area is 92.9 Å². The van der Waals surface area contributed by atoms with E-state index in [1.807, 2.05) is 0 Å². The largest absolute Gasteiger partial charge is 0.465 e. The molecule has 0 aromatic heterocycles. The molecule has 92 valence electrons. The minimum Gasteiger partial charge on any atom is -0.465 e. The minimum atomic E-state index is -1.20. The zero-order chi connectivity index (χ0) is 12.6. The van der Waals surface area contributed by atoms with Crippen LogP contribution in [0.3, 0.4) is 0 Å². The molecular formula is C9H15NO6. The highest BCUT2D eigenvalue weighted by Gasteiger charge is 2.30. The summed E-state index contributed by atoms with van der Waals surface area (Å²) in [6.45, 7) is 2.95. The number of hydrogen-bond donors (Lipinski definition) is 0. The molecule has 0 radical (unpaired) electrons. The fourth-order valence-electron chi connectivity index (χ4n) is 1.05. The molecule has 0 aliphatic rings. The predicted octanol–water partition coefficient (Wildman–Crippen LogP) is 0.396. The number of esters is 2. The van der Waals surface area contributed by atoms with Gasteiger partial charge in [-0.15, -0.1) is 0 Å². The molecule has 0 aromatic rings. The number of nitro groups is 1. The van der Waals surface area contributed by atoms with Gasteiger partial charge in [-0.1, -0.05) is 0 Å². The molecule has 16 heavy (non-hydrogen) atoms. The van der Waals surface area contributed by atoms with E-state index in [4.69, 9.17) is 0 Å². The molecule has 0 atom stereocenters. The molecule has 0 rings (SSSR count). The molecule has 0 aliphatic heterocycles. The van der Waals surface area contributed by atoms with Crippen LogP contribution in [0.5, 0.6) is 0 Å². The Morgan fingerprint density at radius 3 is 1.94 bits per heavy atom. The predicted molar refractivity (Wildman–Crippen MR) is 53.2 cm³/mol. The summed E-state index contributed by atoms with van der Waals surface area (Å²) in [6.07, 6.45) is -0.204. The van der Waals surface area contributed by atoms with Gasteiger partial charge in [0.15, 0.2) is 5.92 Å². The summed E-state index contributed by atoms with van der Waals surface area (Å²) in [5, 5.41) is 10.2. The second kappa shape index (κ2) is 7.61. The Balaban J connectivity index is 4.42. The number of carbonyl (C=O) groups excluding carboxylic acids is 2. The molecular weight excluding hydrogens is 218 g/mol. The zero-order valence-corrected chi connectivity index (χ0v) is 9.30. The second-order valence-corrected chi connectivity index (χ2v) is 2.90. The molecule has 0 saturated heterocycles. The number of carbonyl (C=O) groups is 2. The first kappa shape index (κ1) is 14.3. The number of hydrogen-bond acceptors (Lipinski definition) is 6. The Morgan fingerprint density at radius 2 is 1.62 bits per heavy atom. The lowest BCUT2D eigenvalue weighted by Crippen LogP contribution is -2.30. The van der Waals surface area contributed by atoms with Crippen LogP contribution in [-0.2, 0) is 19.1 Å². The van der Waals surface area contributed by atoms with Crippen LogP contribution in [0, 0.1) is 16.0 Å². The van der Waals surface area contributed by atoms with Gasteiger partial charge in [0, 0.05) is 11.3 Å². The minimum absolute atomic E-state index is 0.118. The summed E-state index contributed by atoms with van der Waals surface area (Å²) in [4.78, 5) is 32.2. The van der Waals surface area contributed by atoms with E-state index in [0.717, 1.165) is 0 Å². The molecule has 0 N–H and O–H groups in total. The van der Waals surface area contributed by atoms with E-state index in [2.05, 4.69) is 9.47 Å². The van der Waals surface area contributed by atoms with Crippen LogP contribution < -0.4 is 0 Å². The monoisotopic (exact) mass is 233 g/mol. The van der Waals surface area contributed by atoms with Crippen LogP contribution in [0.2, 0.25) is 0 Å². The molecule has 0 aliphatic carbocycles. The highest BCUT2D eigenvalue weighted by atomic mass is 16.6. The van der Waals surface area contributed by atoms with Gasteiger partial charge in [0.25, 0.3) is 0 Å². The smallest absolute Gasteiger partial charge is 0.320 e. The van der Waals surface area contributed by atoms with E-state index in [0.29, 0.717) is 0 Å². The molecule has 0 saturated carbocycles. The summed E-state index contributed by atoms with van der Waals surface area (Å²) in [5.74, 6) is -2.75. The topological polar surface area (TPSA) is 95.7 Å². The SMILES string of the molecule is CCOC(=O)C(CC[N+](=O)[O-])C(=O)OCC. The van der Waals surface area contributed by atoms with Gasteiger partial charge >= 0.3 is 11.9 Å². The van der Waals surface area contributed by atoms with E-state index in [9.17, 15) is 19.7 Å². The second-order valence-electron chi connectivity index (χ2n) is 2.90. The fourth-order valence-corrected chi connectivity index (χ4v) is 1.05. The van der Waals surface area contributed by atoms with Crippen molar-refractivity contribution in [3.8, 4) is 0 Å². The molecule has 7 nitrogen and oxygen atoms in total. The zero-order valence-electron chi connectivity index (χ0n) is 9.30. The van der Waals surface area contributed by atoms with E-state index < -0.39 is 29.3 Å². The Hall–Kier alpha value is -1.66. The van der Waals surface area contributed by atoms with Gasteiger partial charge in [0.05, 0.1) is 13.2 Å². The number of nitrogens with zero attached hydrogens (tertiary/aromatic N) is 1. The molecule has 0 fully saturated rings. The van der Waals surface area contributed by atoms with Gasteiger partial charge in [0.1, 0.15) is 0 Å². The van der Waals surface area contributed by atoms with Crippen molar-refractivity contribution in [3.63, 3.8) is 0 Å². The molecule has 0 heterocycles. The van der Waals surface area contributed by atoms with Gasteiger partial charge in [-0.3, -0.25) is 19.7 Å². The molecule has 0 unspecified atom stereocenters. The van der Waals surface area contributed by atoms with Crippen LogP contribution in [0.15, 0.2) is 0 Å². The first-order chi connectivity index (χ1) is 7.52. The van der Waals surface area contributed by atoms with E-state index in [1.165, 1.54) is 0 Å². The van der Waals surface area contributed by atoms with Gasteiger partial charge < -0.3 is 9.47 Å². The van der Waals surface area contributed by atoms with Crippen molar-refractivity contribution in [3.05, 3.63) is 10.1 Å². The Kier molecular flexibility index (Phi) is 6.82.